The molecular weight excluding hydrogens is 308 g/mol. The first-order valence-electron chi connectivity index (χ1n) is 6.98. The van der Waals surface area contributed by atoms with Gasteiger partial charge in [0.25, 0.3) is 5.91 Å². The van der Waals surface area contributed by atoms with E-state index in [4.69, 9.17) is 22.1 Å². The quantitative estimate of drug-likeness (QED) is 0.921. The zero-order chi connectivity index (χ0) is 15.0. The second-order valence-electron chi connectivity index (χ2n) is 5.14. The van der Waals surface area contributed by atoms with Crippen molar-refractivity contribution in [3.05, 3.63) is 28.1 Å². The van der Waals surface area contributed by atoms with Crippen LogP contribution in [0.4, 0.5) is 5.69 Å². The molecule has 0 aliphatic carbocycles. The number of halogens is 1. The predicted molar refractivity (Wildman–Crippen MR) is 87.2 cm³/mol. The number of anilines is 1. The fraction of sp³-hybridized carbons (Fsp3) is 0.400. The first kappa shape index (κ1) is 14.6. The van der Waals surface area contributed by atoms with Crippen LogP contribution in [0.15, 0.2) is 18.2 Å². The monoisotopic (exact) mass is 324 g/mol. The lowest BCUT2D eigenvalue weighted by molar-refractivity contribution is -0.0224. The van der Waals surface area contributed by atoms with E-state index in [1.165, 1.54) is 11.3 Å². The van der Waals surface area contributed by atoms with Crippen molar-refractivity contribution in [3.63, 3.8) is 0 Å². The highest BCUT2D eigenvalue weighted by Gasteiger charge is 2.27. The summed E-state index contributed by atoms with van der Waals surface area (Å²) in [6.45, 7) is 3.89. The van der Waals surface area contributed by atoms with E-state index in [2.05, 4.69) is 6.92 Å². The highest BCUT2D eigenvalue weighted by Crippen LogP contribution is 2.36. The average molecular weight is 325 g/mol. The summed E-state index contributed by atoms with van der Waals surface area (Å²) in [5.41, 5.74) is 6.70. The Morgan fingerprint density at radius 1 is 1.57 bits per heavy atom. The molecule has 1 aromatic carbocycles. The molecule has 1 amide bonds. The van der Waals surface area contributed by atoms with Crippen LogP contribution in [0.5, 0.6) is 0 Å². The van der Waals surface area contributed by atoms with E-state index in [1.54, 1.807) is 6.07 Å². The van der Waals surface area contributed by atoms with Crippen molar-refractivity contribution in [1.82, 2.24) is 4.90 Å². The fourth-order valence-corrected chi connectivity index (χ4v) is 3.91. The zero-order valence-corrected chi connectivity index (χ0v) is 13.3. The zero-order valence-electron chi connectivity index (χ0n) is 11.8. The first-order chi connectivity index (χ1) is 10.1. The number of morpholine rings is 1. The summed E-state index contributed by atoms with van der Waals surface area (Å²) in [5.74, 6) is -0.00780. The molecule has 2 aromatic rings. The van der Waals surface area contributed by atoms with Gasteiger partial charge < -0.3 is 15.4 Å². The number of nitrogens with two attached hydrogens (primary N) is 1. The maximum atomic E-state index is 12.7. The Kier molecular flexibility index (Phi) is 4.06. The summed E-state index contributed by atoms with van der Waals surface area (Å²) in [4.78, 5) is 15.1. The summed E-state index contributed by atoms with van der Waals surface area (Å²) in [6, 6.07) is 5.51. The van der Waals surface area contributed by atoms with Crippen LogP contribution in [-0.4, -0.2) is 36.6 Å². The van der Waals surface area contributed by atoms with Crippen molar-refractivity contribution < 1.29 is 9.53 Å². The van der Waals surface area contributed by atoms with Crippen LogP contribution in [0.2, 0.25) is 5.02 Å². The normalized spacial score (nSPS) is 19.1. The highest BCUT2D eigenvalue weighted by molar-refractivity contribution is 7.21. The molecule has 6 heteroatoms. The van der Waals surface area contributed by atoms with E-state index >= 15 is 0 Å². The Bertz CT molecular complexity index is 686. The Hall–Kier alpha value is -1.30. The molecule has 0 saturated carbocycles. The van der Waals surface area contributed by atoms with Gasteiger partial charge >= 0.3 is 0 Å². The van der Waals surface area contributed by atoms with Crippen LogP contribution >= 0.6 is 22.9 Å². The van der Waals surface area contributed by atoms with Crippen molar-refractivity contribution in [2.75, 3.05) is 25.4 Å². The summed E-state index contributed by atoms with van der Waals surface area (Å²) in [7, 11) is 0. The van der Waals surface area contributed by atoms with E-state index < -0.39 is 0 Å². The molecular formula is C15H17ClN2O2S. The molecule has 112 valence electrons. The molecule has 4 nitrogen and oxygen atoms in total. The molecule has 1 aliphatic rings. The Balaban J connectivity index is 1.92. The third-order valence-corrected chi connectivity index (χ3v) is 5.16. The molecule has 21 heavy (non-hydrogen) atoms. The minimum Gasteiger partial charge on any atom is -0.397 e. The molecule has 1 saturated heterocycles. The highest BCUT2D eigenvalue weighted by atomic mass is 35.5. The number of rotatable bonds is 2. The number of carbonyl (C=O) groups is 1. The van der Waals surface area contributed by atoms with Crippen LogP contribution in [-0.2, 0) is 4.74 Å². The molecule has 0 radical (unpaired) electrons. The van der Waals surface area contributed by atoms with Crippen LogP contribution < -0.4 is 5.73 Å². The van der Waals surface area contributed by atoms with Gasteiger partial charge in [0.15, 0.2) is 0 Å². The summed E-state index contributed by atoms with van der Waals surface area (Å²) in [5, 5.41) is 1.55. The van der Waals surface area contributed by atoms with Crippen LogP contribution in [0.3, 0.4) is 0 Å². The van der Waals surface area contributed by atoms with Gasteiger partial charge in [-0.15, -0.1) is 11.3 Å². The molecule has 0 spiro atoms. The summed E-state index contributed by atoms with van der Waals surface area (Å²) in [6.07, 6.45) is 1.02. The number of amides is 1. The van der Waals surface area contributed by atoms with Gasteiger partial charge in [-0.2, -0.15) is 0 Å². The van der Waals surface area contributed by atoms with Crippen molar-refractivity contribution in [3.8, 4) is 0 Å². The maximum absolute atomic E-state index is 12.7. The minimum atomic E-state index is -0.00780. The molecule has 2 heterocycles. The molecule has 1 fully saturated rings. The van der Waals surface area contributed by atoms with Crippen molar-refractivity contribution >= 4 is 44.6 Å². The number of hydrogen-bond acceptors (Lipinski definition) is 4. The number of ether oxygens (including phenoxy) is 1. The van der Waals surface area contributed by atoms with Crippen molar-refractivity contribution in [2.45, 2.75) is 19.4 Å². The number of nitrogen functional groups attached to an aromatic ring is 1. The lowest BCUT2D eigenvalue weighted by Crippen LogP contribution is -2.45. The van der Waals surface area contributed by atoms with E-state index in [-0.39, 0.29) is 12.0 Å². The smallest absolute Gasteiger partial charge is 0.266 e. The van der Waals surface area contributed by atoms with Crippen LogP contribution in [0.25, 0.3) is 10.1 Å². The largest absolute Gasteiger partial charge is 0.397 e. The molecule has 1 aromatic heterocycles. The van der Waals surface area contributed by atoms with Gasteiger partial charge in [-0.25, -0.2) is 0 Å². The van der Waals surface area contributed by atoms with Gasteiger partial charge in [-0.1, -0.05) is 18.5 Å². The second kappa shape index (κ2) is 5.83. The Morgan fingerprint density at radius 2 is 2.38 bits per heavy atom. The molecule has 1 atom stereocenters. The molecule has 0 bridgehead atoms. The minimum absolute atomic E-state index is 0.00780. The summed E-state index contributed by atoms with van der Waals surface area (Å²) >= 11 is 7.41. The summed E-state index contributed by atoms with van der Waals surface area (Å²) < 4.78 is 6.56. The molecule has 3 rings (SSSR count). The number of benzene rings is 1. The second-order valence-corrected chi connectivity index (χ2v) is 6.63. The van der Waals surface area contributed by atoms with Gasteiger partial charge in [0.2, 0.25) is 0 Å². The van der Waals surface area contributed by atoms with Gasteiger partial charge in [0.1, 0.15) is 4.88 Å². The number of hydrogen-bond donors (Lipinski definition) is 1. The first-order valence-corrected chi connectivity index (χ1v) is 8.18. The van der Waals surface area contributed by atoms with Crippen molar-refractivity contribution in [1.29, 1.82) is 0 Å². The van der Waals surface area contributed by atoms with Gasteiger partial charge in [0, 0.05) is 28.2 Å². The predicted octanol–water partition coefficient (Wildman–Crippen LogP) is 3.39. The van der Waals surface area contributed by atoms with Gasteiger partial charge in [-0.3, -0.25) is 4.79 Å². The van der Waals surface area contributed by atoms with Crippen LogP contribution in [0.1, 0.15) is 23.0 Å². The molecule has 2 N–H and O–H groups in total. The SMILES string of the molecule is CCC1CN(C(=O)c2sc3cc(Cl)ccc3c2N)CCO1. The van der Waals surface area contributed by atoms with E-state index in [1.807, 2.05) is 17.0 Å². The van der Waals surface area contributed by atoms with Gasteiger partial charge in [0.05, 0.1) is 18.4 Å². The number of thiophene rings is 1. The maximum Gasteiger partial charge on any atom is 0.266 e. The molecule has 1 aliphatic heterocycles. The number of carbonyl (C=O) groups excluding carboxylic acids is 1. The fourth-order valence-electron chi connectivity index (χ4n) is 2.54. The average Bonchev–Trinajstić information content (AvgIpc) is 2.83. The lowest BCUT2D eigenvalue weighted by atomic mass is 10.2. The van der Waals surface area contributed by atoms with E-state index in [9.17, 15) is 4.79 Å². The topological polar surface area (TPSA) is 55.6 Å². The molecule has 1 unspecified atom stereocenters. The van der Waals surface area contributed by atoms with Crippen LogP contribution in [0, 0.1) is 0 Å². The number of fused-ring (bicyclic) bond motifs is 1. The van der Waals surface area contributed by atoms with E-state index in [0.717, 1.165) is 16.5 Å². The Morgan fingerprint density at radius 3 is 3.14 bits per heavy atom. The lowest BCUT2D eigenvalue weighted by Gasteiger charge is -2.32. The van der Waals surface area contributed by atoms with E-state index in [0.29, 0.717) is 35.3 Å². The number of nitrogens with zero attached hydrogens (tertiary/aromatic N) is 1. The standard InChI is InChI=1S/C15H17ClN2O2S/c1-2-10-8-18(5-6-20-10)15(19)14-13(17)11-4-3-9(16)7-12(11)21-14/h3-4,7,10H,2,5-6,8,17H2,1H3. The van der Waals surface area contributed by atoms with Gasteiger partial charge in [-0.05, 0) is 24.6 Å². The third kappa shape index (κ3) is 2.73. The van der Waals surface area contributed by atoms with Crippen molar-refractivity contribution in [2.24, 2.45) is 0 Å². The Labute approximate surface area is 132 Å². The third-order valence-electron chi connectivity index (χ3n) is 3.77.